The maximum atomic E-state index is 13.2. The minimum atomic E-state index is -0.461. The number of nitrogens with one attached hydrogen (secondary N) is 1. The molecule has 0 aliphatic carbocycles. The SMILES string of the molecule is CC(C)Cn1ncc2cc(Oc3ccc(F)cc3)c(C(=O)NC(CO)CCN)cc21. The first kappa shape index (κ1) is 21.7. The minimum Gasteiger partial charge on any atom is -0.457 e. The van der Waals surface area contributed by atoms with Gasteiger partial charge in [-0.25, -0.2) is 4.39 Å². The van der Waals surface area contributed by atoms with Gasteiger partial charge < -0.3 is 20.9 Å². The van der Waals surface area contributed by atoms with E-state index in [4.69, 9.17) is 10.5 Å². The van der Waals surface area contributed by atoms with Crippen LogP contribution in [0.4, 0.5) is 4.39 Å². The third kappa shape index (κ3) is 5.14. The van der Waals surface area contributed by atoms with E-state index in [1.54, 1.807) is 18.3 Å². The van der Waals surface area contributed by atoms with Crippen molar-refractivity contribution in [2.75, 3.05) is 13.2 Å². The van der Waals surface area contributed by atoms with E-state index in [1.807, 2.05) is 4.68 Å². The van der Waals surface area contributed by atoms with Gasteiger partial charge in [-0.3, -0.25) is 9.48 Å². The Balaban J connectivity index is 2.02. The molecule has 1 heterocycles. The van der Waals surface area contributed by atoms with Crippen molar-refractivity contribution in [2.24, 2.45) is 11.7 Å². The van der Waals surface area contributed by atoms with Gasteiger partial charge in [-0.05, 0) is 55.3 Å². The topological polar surface area (TPSA) is 102 Å². The Kier molecular flexibility index (Phi) is 7.02. The van der Waals surface area contributed by atoms with Gasteiger partial charge in [0.2, 0.25) is 0 Å². The Bertz CT molecular complexity index is 1000. The highest BCUT2D eigenvalue weighted by atomic mass is 19.1. The smallest absolute Gasteiger partial charge is 0.255 e. The summed E-state index contributed by atoms with van der Waals surface area (Å²) in [6.45, 7) is 5.00. The van der Waals surface area contributed by atoms with Gasteiger partial charge >= 0.3 is 0 Å². The molecule has 0 saturated carbocycles. The summed E-state index contributed by atoms with van der Waals surface area (Å²) in [5.41, 5.74) is 6.67. The van der Waals surface area contributed by atoms with E-state index in [-0.39, 0.29) is 18.3 Å². The van der Waals surface area contributed by atoms with Crippen molar-refractivity contribution in [2.45, 2.75) is 32.9 Å². The Morgan fingerprint density at radius 3 is 2.67 bits per heavy atom. The fourth-order valence-corrected chi connectivity index (χ4v) is 3.16. The van der Waals surface area contributed by atoms with Gasteiger partial charge in [0.15, 0.2) is 0 Å². The number of halogens is 1. The molecule has 0 spiro atoms. The number of aromatic nitrogens is 2. The van der Waals surface area contributed by atoms with Crippen LogP contribution in [0.1, 0.15) is 30.6 Å². The Hall–Kier alpha value is -2.97. The van der Waals surface area contributed by atoms with Crippen molar-refractivity contribution in [3.63, 3.8) is 0 Å². The molecule has 0 aliphatic rings. The van der Waals surface area contributed by atoms with Crippen molar-refractivity contribution in [1.82, 2.24) is 15.1 Å². The third-order valence-corrected chi connectivity index (χ3v) is 4.64. The van der Waals surface area contributed by atoms with Crippen LogP contribution in [0.2, 0.25) is 0 Å². The largest absolute Gasteiger partial charge is 0.457 e. The monoisotopic (exact) mass is 414 g/mol. The number of amides is 1. The zero-order valence-electron chi connectivity index (χ0n) is 17.1. The van der Waals surface area contributed by atoms with E-state index in [1.165, 1.54) is 24.3 Å². The molecule has 3 rings (SSSR count). The Labute approximate surface area is 174 Å². The molecule has 30 heavy (non-hydrogen) atoms. The molecule has 0 fully saturated rings. The number of aliphatic hydroxyl groups is 1. The van der Waals surface area contributed by atoms with Crippen LogP contribution in [0.25, 0.3) is 10.9 Å². The highest BCUT2D eigenvalue weighted by molar-refractivity contribution is 6.01. The van der Waals surface area contributed by atoms with Crippen LogP contribution in [0, 0.1) is 11.7 Å². The van der Waals surface area contributed by atoms with E-state index in [9.17, 15) is 14.3 Å². The fourth-order valence-electron chi connectivity index (χ4n) is 3.16. The maximum Gasteiger partial charge on any atom is 0.255 e. The summed E-state index contributed by atoms with van der Waals surface area (Å²) < 4.78 is 21.0. The predicted molar refractivity (Wildman–Crippen MR) is 113 cm³/mol. The molecule has 0 saturated heterocycles. The number of rotatable bonds is 9. The lowest BCUT2D eigenvalue weighted by Gasteiger charge is -2.17. The number of nitrogens with zero attached hydrogens (tertiary/aromatic N) is 2. The van der Waals surface area contributed by atoms with Gasteiger partial charge in [0.25, 0.3) is 5.91 Å². The highest BCUT2D eigenvalue weighted by Crippen LogP contribution is 2.31. The molecule has 4 N–H and O–H groups in total. The van der Waals surface area contributed by atoms with Gasteiger partial charge in [-0.1, -0.05) is 13.8 Å². The second-order valence-electron chi connectivity index (χ2n) is 7.61. The number of benzene rings is 2. The molecular formula is C22H27FN4O3. The highest BCUT2D eigenvalue weighted by Gasteiger charge is 2.20. The first-order valence-electron chi connectivity index (χ1n) is 9.96. The molecule has 0 aliphatic heterocycles. The molecule has 1 atom stereocenters. The number of fused-ring (bicyclic) bond motifs is 1. The van der Waals surface area contributed by atoms with Crippen LogP contribution in [0.5, 0.6) is 11.5 Å². The van der Waals surface area contributed by atoms with Crippen molar-refractivity contribution in [1.29, 1.82) is 0 Å². The standard InChI is InChI=1S/C22H27FN4O3/c1-14(2)12-27-20-10-19(22(29)26-17(13-28)7-8-24)21(9-15(20)11-25-27)30-18-5-3-16(23)4-6-18/h3-6,9-11,14,17,28H,7-8,12-13,24H2,1-2H3,(H,26,29). The lowest BCUT2D eigenvalue weighted by Crippen LogP contribution is -2.39. The number of hydrogen-bond acceptors (Lipinski definition) is 5. The van der Waals surface area contributed by atoms with Crippen LogP contribution in [0.3, 0.4) is 0 Å². The van der Waals surface area contributed by atoms with Crippen molar-refractivity contribution >= 4 is 16.8 Å². The summed E-state index contributed by atoms with van der Waals surface area (Å²) in [6, 6.07) is 8.58. The molecule has 3 aromatic rings. The average Bonchev–Trinajstić information content (AvgIpc) is 3.09. The van der Waals surface area contributed by atoms with Gasteiger partial charge in [0.1, 0.15) is 17.3 Å². The van der Waals surface area contributed by atoms with Gasteiger partial charge in [0.05, 0.1) is 29.9 Å². The van der Waals surface area contributed by atoms with E-state index in [2.05, 4.69) is 24.3 Å². The van der Waals surface area contributed by atoms with Crippen LogP contribution in [-0.2, 0) is 6.54 Å². The summed E-state index contributed by atoms with van der Waals surface area (Å²) >= 11 is 0. The number of hydrogen-bond donors (Lipinski definition) is 3. The third-order valence-electron chi connectivity index (χ3n) is 4.64. The van der Waals surface area contributed by atoms with Crippen molar-refractivity contribution in [3.05, 3.63) is 54.0 Å². The zero-order chi connectivity index (χ0) is 21.7. The molecule has 1 aromatic heterocycles. The Morgan fingerprint density at radius 2 is 2.03 bits per heavy atom. The van der Waals surface area contributed by atoms with Gasteiger partial charge in [-0.2, -0.15) is 5.10 Å². The van der Waals surface area contributed by atoms with E-state index in [0.717, 1.165) is 10.9 Å². The van der Waals surface area contributed by atoms with E-state index in [0.29, 0.717) is 42.5 Å². The van der Waals surface area contributed by atoms with Crippen molar-refractivity contribution in [3.8, 4) is 11.5 Å². The lowest BCUT2D eigenvalue weighted by atomic mass is 10.1. The second kappa shape index (κ2) is 9.69. The summed E-state index contributed by atoms with van der Waals surface area (Å²) in [5, 5.41) is 17.6. The quantitative estimate of drug-likeness (QED) is 0.499. The summed E-state index contributed by atoms with van der Waals surface area (Å²) in [7, 11) is 0. The number of ether oxygens (including phenoxy) is 1. The predicted octanol–water partition coefficient (Wildman–Crippen LogP) is 3.06. The molecule has 7 nitrogen and oxygen atoms in total. The normalized spacial score (nSPS) is 12.3. The van der Waals surface area contributed by atoms with E-state index >= 15 is 0 Å². The molecule has 8 heteroatoms. The number of nitrogens with two attached hydrogens (primary N) is 1. The number of carbonyl (C=O) groups is 1. The van der Waals surface area contributed by atoms with E-state index < -0.39 is 6.04 Å². The summed E-state index contributed by atoms with van der Waals surface area (Å²) in [5.74, 6) is 0.334. The minimum absolute atomic E-state index is 0.218. The van der Waals surface area contributed by atoms with Crippen LogP contribution >= 0.6 is 0 Å². The molecule has 1 unspecified atom stereocenters. The summed E-state index contributed by atoms with van der Waals surface area (Å²) in [4.78, 5) is 13.0. The number of aliphatic hydroxyl groups excluding tert-OH is 1. The second-order valence-corrected chi connectivity index (χ2v) is 7.61. The Morgan fingerprint density at radius 1 is 1.30 bits per heavy atom. The molecule has 160 valence electrons. The summed E-state index contributed by atoms with van der Waals surface area (Å²) in [6.07, 6.45) is 2.17. The van der Waals surface area contributed by atoms with Gasteiger partial charge in [0, 0.05) is 11.9 Å². The first-order chi connectivity index (χ1) is 14.4. The maximum absolute atomic E-state index is 13.2. The van der Waals surface area contributed by atoms with Crippen molar-refractivity contribution < 1.29 is 19.0 Å². The van der Waals surface area contributed by atoms with Crippen LogP contribution < -0.4 is 15.8 Å². The number of carbonyl (C=O) groups excluding carboxylic acids is 1. The van der Waals surface area contributed by atoms with Crippen LogP contribution in [-0.4, -0.2) is 40.0 Å². The van der Waals surface area contributed by atoms with Crippen LogP contribution in [0.15, 0.2) is 42.6 Å². The average molecular weight is 414 g/mol. The molecule has 1 amide bonds. The molecule has 0 radical (unpaired) electrons. The molecule has 0 bridgehead atoms. The first-order valence-corrected chi connectivity index (χ1v) is 9.96. The van der Waals surface area contributed by atoms with Gasteiger partial charge in [-0.15, -0.1) is 0 Å². The molecule has 2 aromatic carbocycles. The lowest BCUT2D eigenvalue weighted by molar-refractivity contribution is 0.0912. The zero-order valence-corrected chi connectivity index (χ0v) is 17.1. The molecular weight excluding hydrogens is 387 g/mol. The fraction of sp³-hybridized carbons (Fsp3) is 0.364.